The SMILES string of the molecule is CCCCC[C@H](CO)N1c2ccccc2CCc2cc(F)ccc21. The molecule has 0 saturated heterocycles. The Hall–Kier alpha value is -1.87. The first-order valence-corrected chi connectivity index (χ1v) is 9.01. The van der Waals surface area contributed by atoms with Crippen LogP contribution in [0.1, 0.15) is 43.7 Å². The van der Waals surface area contributed by atoms with E-state index in [1.54, 1.807) is 6.07 Å². The standard InChI is InChI=1S/C21H26FNO/c1-2-3-4-8-19(15-24)23-20-9-6-5-7-16(20)10-11-17-14-18(22)12-13-21(17)23/h5-7,9,12-14,19,24H,2-4,8,10-11,15H2,1H3/t19-/m1/s1. The number of benzene rings is 2. The molecule has 0 amide bonds. The Balaban J connectivity index is 2.04. The molecule has 1 heterocycles. The monoisotopic (exact) mass is 327 g/mol. The molecule has 1 aliphatic rings. The third-order valence-corrected chi connectivity index (χ3v) is 4.93. The number of unbranched alkanes of at least 4 members (excludes halogenated alkanes) is 2. The van der Waals surface area contributed by atoms with Gasteiger partial charge in [0.05, 0.1) is 12.6 Å². The van der Waals surface area contributed by atoms with Gasteiger partial charge in [-0.3, -0.25) is 0 Å². The Morgan fingerprint density at radius 3 is 2.58 bits per heavy atom. The molecular weight excluding hydrogens is 301 g/mol. The van der Waals surface area contributed by atoms with Crippen LogP contribution in [0.4, 0.5) is 15.8 Å². The van der Waals surface area contributed by atoms with Crippen molar-refractivity contribution in [1.29, 1.82) is 0 Å². The van der Waals surface area contributed by atoms with E-state index in [-0.39, 0.29) is 18.5 Å². The predicted molar refractivity (Wildman–Crippen MR) is 97.4 cm³/mol. The summed E-state index contributed by atoms with van der Waals surface area (Å²) in [5.41, 5.74) is 4.48. The zero-order chi connectivity index (χ0) is 16.9. The molecule has 24 heavy (non-hydrogen) atoms. The van der Waals surface area contributed by atoms with Gasteiger partial charge in [-0.25, -0.2) is 4.39 Å². The first-order chi connectivity index (χ1) is 11.7. The Bertz CT molecular complexity index is 685. The third-order valence-electron chi connectivity index (χ3n) is 4.93. The van der Waals surface area contributed by atoms with Crippen LogP contribution in [0.25, 0.3) is 0 Å². The van der Waals surface area contributed by atoms with Crippen LogP contribution in [-0.4, -0.2) is 17.8 Å². The molecule has 2 nitrogen and oxygen atoms in total. The number of halogens is 1. The summed E-state index contributed by atoms with van der Waals surface area (Å²) in [6.07, 6.45) is 6.09. The van der Waals surface area contributed by atoms with Crippen molar-refractivity contribution in [2.75, 3.05) is 11.5 Å². The Kier molecular flexibility index (Phi) is 5.52. The lowest BCUT2D eigenvalue weighted by molar-refractivity contribution is 0.256. The lowest BCUT2D eigenvalue weighted by Gasteiger charge is -2.34. The van der Waals surface area contributed by atoms with Crippen LogP contribution in [0, 0.1) is 5.82 Å². The molecule has 128 valence electrons. The number of aliphatic hydroxyl groups excluding tert-OH is 1. The molecule has 0 spiro atoms. The van der Waals surface area contributed by atoms with E-state index in [2.05, 4.69) is 30.0 Å². The minimum absolute atomic E-state index is 0.0278. The topological polar surface area (TPSA) is 23.5 Å². The van der Waals surface area contributed by atoms with Gasteiger partial charge in [0.2, 0.25) is 0 Å². The Morgan fingerprint density at radius 1 is 1.04 bits per heavy atom. The molecule has 0 saturated carbocycles. The van der Waals surface area contributed by atoms with Gasteiger partial charge in [-0.2, -0.15) is 0 Å². The molecule has 3 rings (SSSR count). The maximum Gasteiger partial charge on any atom is 0.123 e. The average Bonchev–Trinajstić information content (AvgIpc) is 2.76. The molecule has 1 N–H and O–H groups in total. The highest BCUT2D eigenvalue weighted by atomic mass is 19.1. The van der Waals surface area contributed by atoms with Crippen molar-refractivity contribution >= 4 is 11.4 Å². The van der Waals surface area contributed by atoms with Crippen LogP contribution in [0.15, 0.2) is 42.5 Å². The van der Waals surface area contributed by atoms with Gasteiger partial charge >= 0.3 is 0 Å². The summed E-state index contributed by atoms with van der Waals surface area (Å²) in [5.74, 6) is -0.189. The predicted octanol–water partition coefficient (Wildman–Crippen LogP) is 5.00. The van der Waals surface area contributed by atoms with E-state index in [1.165, 1.54) is 18.1 Å². The molecule has 0 radical (unpaired) electrons. The average molecular weight is 327 g/mol. The number of hydrogen-bond acceptors (Lipinski definition) is 2. The highest BCUT2D eigenvalue weighted by molar-refractivity contribution is 5.72. The van der Waals surface area contributed by atoms with E-state index in [9.17, 15) is 9.50 Å². The third kappa shape index (κ3) is 3.46. The lowest BCUT2D eigenvalue weighted by Crippen LogP contribution is -2.35. The van der Waals surface area contributed by atoms with Gasteiger partial charge < -0.3 is 10.0 Å². The Labute approximate surface area is 143 Å². The molecule has 2 aromatic carbocycles. The van der Waals surface area contributed by atoms with Gasteiger partial charge in [0.25, 0.3) is 0 Å². The maximum atomic E-state index is 13.7. The van der Waals surface area contributed by atoms with Crippen LogP contribution in [0.5, 0.6) is 0 Å². The van der Waals surface area contributed by atoms with Crippen molar-refractivity contribution in [2.45, 2.75) is 51.5 Å². The summed E-state index contributed by atoms with van der Waals surface area (Å²) in [7, 11) is 0. The molecular formula is C21H26FNO. The second kappa shape index (κ2) is 7.80. The lowest BCUT2D eigenvalue weighted by atomic mass is 10.0. The molecule has 0 aromatic heterocycles. The summed E-state index contributed by atoms with van der Waals surface area (Å²) >= 11 is 0. The van der Waals surface area contributed by atoms with Gasteiger partial charge in [-0.1, -0.05) is 44.4 Å². The molecule has 0 fully saturated rings. The van der Waals surface area contributed by atoms with E-state index >= 15 is 0 Å². The number of fused-ring (bicyclic) bond motifs is 2. The number of rotatable bonds is 6. The summed E-state index contributed by atoms with van der Waals surface area (Å²) in [5, 5.41) is 10.1. The van der Waals surface area contributed by atoms with E-state index in [1.807, 2.05) is 12.1 Å². The van der Waals surface area contributed by atoms with Crippen molar-refractivity contribution in [2.24, 2.45) is 0 Å². The molecule has 0 bridgehead atoms. The van der Waals surface area contributed by atoms with Gasteiger partial charge in [-0.05, 0) is 54.7 Å². The van der Waals surface area contributed by atoms with Crippen molar-refractivity contribution in [3.05, 3.63) is 59.4 Å². The van der Waals surface area contributed by atoms with Crippen molar-refractivity contribution in [3.63, 3.8) is 0 Å². The summed E-state index contributed by atoms with van der Waals surface area (Å²) < 4.78 is 13.7. The second-order valence-corrected chi connectivity index (χ2v) is 6.60. The molecule has 0 aliphatic carbocycles. The smallest absolute Gasteiger partial charge is 0.123 e. The maximum absolute atomic E-state index is 13.7. The molecule has 2 aromatic rings. The fourth-order valence-corrected chi connectivity index (χ4v) is 3.67. The first kappa shape index (κ1) is 17.0. The van der Waals surface area contributed by atoms with Crippen LogP contribution in [-0.2, 0) is 12.8 Å². The number of aryl methyl sites for hydroxylation is 2. The largest absolute Gasteiger partial charge is 0.394 e. The highest BCUT2D eigenvalue weighted by Gasteiger charge is 2.26. The number of aliphatic hydroxyl groups is 1. The highest BCUT2D eigenvalue weighted by Crippen LogP contribution is 2.38. The van der Waals surface area contributed by atoms with E-state index < -0.39 is 0 Å². The molecule has 1 atom stereocenters. The van der Waals surface area contributed by atoms with E-state index in [4.69, 9.17) is 0 Å². The first-order valence-electron chi connectivity index (χ1n) is 9.01. The summed E-state index contributed by atoms with van der Waals surface area (Å²) in [6, 6.07) is 13.4. The second-order valence-electron chi connectivity index (χ2n) is 6.60. The normalized spacial score (nSPS) is 14.7. The van der Waals surface area contributed by atoms with Crippen LogP contribution in [0.3, 0.4) is 0 Å². The van der Waals surface area contributed by atoms with Crippen molar-refractivity contribution in [1.82, 2.24) is 0 Å². The van der Waals surface area contributed by atoms with E-state index in [0.717, 1.165) is 49.0 Å². The van der Waals surface area contributed by atoms with Gasteiger partial charge in [0.15, 0.2) is 0 Å². The van der Waals surface area contributed by atoms with Crippen molar-refractivity contribution in [3.8, 4) is 0 Å². The van der Waals surface area contributed by atoms with Crippen LogP contribution < -0.4 is 4.90 Å². The molecule has 0 unspecified atom stereocenters. The number of para-hydroxylation sites is 1. The summed E-state index contributed by atoms with van der Waals surface area (Å²) in [6.45, 7) is 2.29. The van der Waals surface area contributed by atoms with E-state index in [0.29, 0.717) is 0 Å². The van der Waals surface area contributed by atoms with Gasteiger partial charge in [0.1, 0.15) is 5.82 Å². The van der Waals surface area contributed by atoms with Crippen LogP contribution in [0.2, 0.25) is 0 Å². The number of anilines is 2. The Morgan fingerprint density at radius 2 is 1.79 bits per heavy atom. The van der Waals surface area contributed by atoms with Gasteiger partial charge in [0, 0.05) is 11.4 Å². The van der Waals surface area contributed by atoms with Gasteiger partial charge in [-0.15, -0.1) is 0 Å². The molecule has 3 heteroatoms. The summed E-state index contributed by atoms with van der Waals surface area (Å²) in [4.78, 5) is 2.24. The zero-order valence-electron chi connectivity index (χ0n) is 14.3. The fraction of sp³-hybridized carbons (Fsp3) is 0.429. The fourth-order valence-electron chi connectivity index (χ4n) is 3.67. The van der Waals surface area contributed by atoms with Crippen LogP contribution >= 0.6 is 0 Å². The van der Waals surface area contributed by atoms with Crippen molar-refractivity contribution < 1.29 is 9.50 Å². The zero-order valence-corrected chi connectivity index (χ0v) is 14.3. The quantitative estimate of drug-likeness (QED) is 0.754. The number of nitrogens with zero attached hydrogens (tertiary/aromatic N) is 1. The number of hydrogen-bond donors (Lipinski definition) is 1. The molecule has 1 aliphatic heterocycles. The minimum Gasteiger partial charge on any atom is -0.394 e. The minimum atomic E-state index is -0.189.